The van der Waals surface area contributed by atoms with Gasteiger partial charge in [0.15, 0.2) is 5.13 Å². The van der Waals surface area contributed by atoms with Gasteiger partial charge in [0, 0.05) is 19.0 Å². The van der Waals surface area contributed by atoms with Crippen molar-refractivity contribution in [1.29, 1.82) is 0 Å². The second-order valence-electron chi connectivity index (χ2n) is 4.86. The number of carbonyl (C=O) groups excluding carboxylic acids is 1. The zero-order valence-electron chi connectivity index (χ0n) is 11.9. The Labute approximate surface area is 125 Å². The average Bonchev–Trinajstić information content (AvgIpc) is 2.67. The fourth-order valence-electron chi connectivity index (χ4n) is 1.54. The smallest absolute Gasteiger partial charge is 0.382 e. The highest BCUT2D eigenvalue weighted by atomic mass is 32.1. The van der Waals surface area contributed by atoms with Crippen molar-refractivity contribution in [1.82, 2.24) is 10.3 Å². The molecule has 0 aliphatic carbocycles. The minimum absolute atomic E-state index is 0.0118. The van der Waals surface area contributed by atoms with Crippen LogP contribution in [0.15, 0.2) is 0 Å². The Kier molecular flexibility index (Phi) is 6.25. The molecular formula is C12H19F3N4OS. The van der Waals surface area contributed by atoms with Crippen LogP contribution in [0.4, 0.5) is 24.1 Å². The van der Waals surface area contributed by atoms with Crippen molar-refractivity contribution in [2.75, 3.05) is 17.6 Å². The van der Waals surface area contributed by atoms with Gasteiger partial charge < -0.3 is 16.4 Å². The SMILES string of the molecule is CC(C)Nc1nc(N)c(C(=O)NCCCCC(F)(F)F)s1. The van der Waals surface area contributed by atoms with Crippen molar-refractivity contribution in [2.45, 2.75) is 45.3 Å². The van der Waals surface area contributed by atoms with Crippen LogP contribution in [-0.4, -0.2) is 29.7 Å². The summed E-state index contributed by atoms with van der Waals surface area (Å²) in [6.45, 7) is 4.04. The van der Waals surface area contributed by atoms with Crippen molar-refractivity contribution >= 4 is 28.2 Å². The van der Waals surface area contributed by atoms with E-state index >= 15 is 0 Å². The largest absolute Gasteiger partial charge is 0.389 e. The third kappa shape index (κ3) is 6.65. The van der Waals surface area contributed by atoms with Crippen LogP contribution in [0.5, 0.6) is 0 Å². The highest BCUT2D eigenvalue weighted by Crippen LogP contribution is 2.25. The summed E-state index contributed by atoms with van der Waals surface area (Å²) >= 11 is 1.12. The molecule has 0 bridgehead atoms. The van der Waals surface area contributed by atoms with Gasteiger partial charge in [0.1, 0.15) is 10.7 Å². The fraction of sp³-hybridized carbons (Fsp3) is 0.667. The Bertz CT molecular complexity index is 474. The van der Waals surface area contributed by atoms with E-state index in [0.717, 1.165) is 11.3 Å². The molecule has 0 spiro atoms. The van der Waals surface area contributed by atoms with Gasteiger partial charge in [-0.15, -0.1) is 0 Å². The Morgan fingerprint density at radius 2 is 2.05 bits per heavy atom. The van der Waals surface area contributed by atoms with Gasteiger partial charge in [-0.1, -0.05) is 11.3 Å². The predicted molar refractivity (Wildman–Crippen MR) is 77.5 cm³/mol. The van der Waals surface area contributed by atoms with Crippen molar-refractivity contribution in [3.63, 3.8) is 0 Å². The second-order valence-corrected chi connectivity index (χ2v) is 5.86. The summed E-state index contributed by atoms with van der Waals surface area (Å²) < 4.78 is 35.8. The molecule has 0 atom stereocenters. The number of thiazole rings is 1. The van der Waals surface area contributed by atoms with E-state index in [0.29, 0.717) is 5.13 Å². The lowest BCUT2D eigenvalue weighted by Gasteiger charge is -2.06. The maximum absolute atomic E-state index is 11.9. The van der Waals surface area contributed by atoms with Gasteiger partial charge >= 0.3 is 6.18 Å². The third-order valence-electron chi connectivity index (χ3n) is 2.44. The molecule has 1 rings (SSSR count). The predicted octanol–water partition coefficient (Wildman–Crippen LogP) is 3.01. The molecule has 9 heteroatoms. The average molecular weight is 324 g/mol. The van der Waals surface area contributed by atoms with Gasteiger partial charge in [-0.25, -0.2) is 4.98 Å². The molecule has 0 unspecified atom stereocenters. The fourth-order valence-corrected chi connectivity index (χ4v) is 2.48. The van der Waals surface area contributed by atoms with Gasteiger partial charge in [0.25, 0.3) is 5.91 Å². The van der Waals surface area contributed by atoms with Crippen LogP contribution in [0.1, 0.15) is 42.8 Å². The molecule has 1 aromatic heterocycles. The van der Waals surface area contributed by atoms with E-state index < -0.39 is 18.5 Å². The minimum atomic E-state index is -4.15. The van der Waals surface area contributed by atoms with Crippen LogP contribution >= 0.6 is 11.3 Å². The monoisotopic (exact) mass is 324 g/mol. The lowest BCUT2D eigenvalue weighted by molar-refractivity contribution is -0.135. The van der Waals surface area contributed by atoms with Gasteiger partial charge in [-0.3, -0.25) is 4.79 Å². The number of carbonyl (C=O) groups is 1. The molecule has 0 saturated carbocycles. The molecule has 0 saturated heterocycles. The van der Waals surface area contributed by atoms with Crippen LogP contribution in [0, 0.1) is 0 Å². The first-order valence-corrected chi connectivity index (χ1v) is 7.38. The number of halogens is 3. The molecule has 0 radical (unpaired) electrons. The number of anilines is 2. The van der Waals surface area contributed by atoms with E-state index in [1.54, 1.807) is 0 Å². The number of hydrogen-bond acceptors (Lipinski definition) is 5. The van der Waals surface area contributed by atoms with Gasteiger partial charge in [-0.05, 0) is 26.7 Å². The molecule has 1 heterocycles. The van der Waals surface area contributed by atoms with Crippen LogP contribution < -0.4 is 16.4 Å². The quantitative estimate of drug-likeness (QED) is 0.674. The highest BCUT2D eigenvalue weighted by Gasteiger charge is 2.25. The maximum atomic E-state index is 11.9. The van der Waals surface area contributed by atoms with Crippen molar-refractivity contribution in [2.24, 2.45) is 0 Å². The van der Waals surface area contributed by atoms with Crippen LogP contribution in [0.3, 0.4) is 0 Å². The zero-order chi connectivity index (χ0) is 16.0. The van der Waals surface area contributed by atoms with Gasteiger partial charge in [0.05, 0.1) is 0 Å². The topological polar surface area (TPSA) is 80.0 Å². The number of amides is 1. The highest BCUT2D eigenvalue weighted by molar-refractivity contribution is 7.18. The molecule has 1 amide bonds. The summed E-state index contributed by atoms with van der Waals surface area (Å²) in [7, 11) is 0. The number of unbranched alkanes of at least 4 members (excludes halogenated alkanes) is 1. The van der Waals surface area contributed by atoms with E-state index in [2.05, 4.69) is 15.6 Å². The molecule has 1 aromatic rings. The standard InChI is InChI=1S/C12H19F3N4OS/c1-7(2)18-11-19-9(16)8(21-11)10(20)17-6-4-3-5-12(13,14)15/h7H,3-6,16H2,1-2H3,(H,17,20)(H,18,19). The number of nitrogens with one attached hydrogen (secondary N) is 2. The summed E-state index contributed by atoms with van der Waals surface area (Å²) in [5, 5.41) is 6.13. The first kappa shape index (κ1) is 17.5. The maximum Gasteiger partial charge on any atom is 0.389 e. The number of nitrogens with zero attached hydrogens (tertiary/aromatic N) is 1. The van der Waals surface area contributed by atoms with E-state index in [1.807, 2.05) is 13.8 Å². The van der Waals surface area contributed by atoms with Crippen LogP contribution in [0.2, 0.25) is 0 Å². The molecule has 0 aliphatic heterocycles. The van der Waals surface area contributed by atoms with Gasteiger partial charge in [0.2, 0.25) is 0 Å². The number of aromatic nitrogens is 1. The molecule has 120 valence electrons. The Morgan fingerprint density at radius 1 is 1.38 bits per heavy atom. The Balaban J connectivity index is 2.40. The molecule has 0 aromatic carbocycles. The summed E-state index contributed by atoms with van der Waals surface area (Å²) in [5.74, 6) is -0.287. The first-order valence-electron chi connectivity index (χ1n) is 6.57. The number of nitrogen functional groups attached to an aromatic ring is 1. The normalized spacial score (nSPS) is 11.7. The van der Waals surface area contributed by atoms with E-state index in [4.69, 9.17) is 5.73 Å². The van der Waals surface area contributed by atoms with E-state index in [9.17, 15) is 18.0 Å². The van der Waals surface area contributed by atoms with Crippen molar-refractivity contribution in [3.05, 3.63) is 4.88 Å². The third-order valence-corrected chi connectivity index (χ3v) is 3.45. The molecule has 5 nitrogen and oxygen atoms in total. The van der Waals surface area contributed by atoms with Crippen molar-refractivity contribution in [3.8, 4) is 0 Å². The number of nitrogens with two attached hydrogens (primary N) is 1. The summed E-state index contributed by atoms with van der Waals surface area (Å²) in [5.41, 5.74) is 5.66. The number of hydrogen-bond donors (Lipinski definition) is 3. The Morgan fingerprint density at radius 3 is 2.62 bits per heavy atom. The van der Waals surface area contributed by atoms with Gasteiger partial charge in [-0.2, -0.15) is 13.2 Å². The molecule has 4 N–H and O–H groups in total. The Hall–Kier alpha value is -1.51. The van der Waals surface area contributed by atoms with Crippen molar-refractivity contribution < 1.29 is 18.0 Å². The lowest BCUT2D eigenvalue weighted by atomic mass is 10.2. The summed E-state index contributed by atoms with van der Waals surface area (Å²) in [6.07, 6.45) is -4.74. The summed E-state index contributed by atoms with van der Waals surface area (Å²) in [4.78, 5) is 16.2. The lowest BCUT2D eigenvalue weighted by Crippen LogP contribution is -2.24. The molecule has 21 heavy (non-hydrogen) atoms. The van der Waals surface area contributed by atoms with Crippen LogP contribution in [-0.2, 0) is 0 Å². The number of alkyl halides is 3. The molecular weight excluding hydrogens is 305 g/mol. The minimum Gasteiger partial charge on any atom is -0.382 e. The summed E-state index contributed by atoms with van der Waals surface area (Å²) in [6, 6.07) is 0.161. The first-order chi connectivity index (χ1) is 9.69. The molecule has 0 aliphatic rings. The second kappa shape index (κ2) is 7.48. The molecule has 0 fully saturated rings. The van der Waals surface area contributed by atoms with E-state index in [1.165, 1.54) is 0 Å². The zero-order valence-corrected chi connectivity index (χ0v) is 12.7. The van der Waals surface area contributed by atoms with Crippen LogP contribution in [0.25, 0.3) is 0 Å². The van der Waals surface area contributed by atoms with E-state index in [-0.39, 0.29) is 36.1 Å². The number of rotatable bonds is 7.